The molecule has 0 bridgehead atoms. The number of anilines is 1. The molecular weight excluding hydrogens is 320 g/mol. The standard InChI is InChI=1S/C18H22N4O3/c1-4-10-20-18(23)14-6-8-17(22-21-14)19-11-9-13-5-7-15(24-2)16(12-13)25-3/h4-8,12H,1,9-11H2,2-3H3,(H,19,22)(H,20,23). The minimum Gasteiger partial charge on any atom is -0.493 e. The van der Waals surface area contributed by atoms with Crippen molar-refractivity contribution >= 4 is 11.7 Å². The van der Waals surface area contributed by atoms with Crippen LogP contribution in [-0.2, 0) is 6.42 Å². The first kappa shape index (κ1) is 18.3. The van der Waals surface area contributed by atoms with Gasteiger partial charge in [0.2, 0.25) is 0 Å². The summed E-state index contributed by atoms with van der Waals surface area (Å²) in [6.07, 6.45) is 2.39. The second kappa shape index (κ2) is 9.27. The fourth-order valence-electron chi connectivity index (χ4n) is 2.17. The number of aromatic nitrogens is 2. The molecule has 7 nitrogen and oxygen atoms in total. The Kier molecular flexibility index (Phi) is 6.76. The van der Waals surface area contributed by atoms with Crippen LogP contribution in [0.15, 0.2) is 43.0 Å². The Hall–Kier alpha value is -3.09. The van der Waals surface area contributed by atoms with Crippen molar-refractivity contribution in [1.82, 2.24) is 15.5 Å². The van der Waals surface area contributed by atoms with Gasteiger partial charge in [0, 0.05) is 13.1 Å². The zero-order valence-electron chi connectivity index (χ0n) is 14.4. The first-order chi connectivity index (χ1) is 12.2. The summed E-state index contributed by atoms with van der Waals surface area (Å²) in [5.74, 6) is 1.75. The number of hydrogen-bond donors (Lipinski definition) is 2. The summed E-state index contributed by atoms with van der Waals surface area (Å²) >= 11 is 0. The Morgan fingerprint density at radius 2 is 1.96 bits per heavy atom. The number of nitrogens with one attached hydrogen (secondary N) is 2. The molecule has 0 atom stereocenters. The molecule has 0 aliphatic heterocycles. The summed E-state index contributed by atoms with van der Waals surface area (Å²) in [6.45, 7) is 4.61. The SMILES string of the molecule is C=CCNC(=O)c1ccc(NCCc2ccc(OC)c(OC)c2)nn1. The molecule has 132 valence electrons. The highest BCUT2D eigenvalue weighted by Crippen LogP contribution is 2.27. The van der Waals surface area contributed by atoms with Gasteiger partial charge in [-0.3, -0.25) is 4.79 Å². The van der Waals surface area contributed by atoms with Crippen LogP contribution in [0.3, 0.4) is 0 Å². The molecule has 0 spiro atoms. The van der Waals surface area contributed by atoms with E-state index in [1.807, 2.05) is 18.2 Å². The molecule has 1 amide bonds. The molecule has 7 heteroatoms. The van der Waals surface area contributed by atoms with E-state index in [9.17, 15) is 4.79 Å². The molecule has 1 heterocycles. The second-order valence-electron chi connectivity index (χ2n) is 5.17. The lowest BCUT2D eigenvalue weighted by molar-refractivity contribution is 0.0952. The number of nitrogens with zero attached hydrogens (tertiary/aromatic N) is 2. The summed E-state index contributed by atoms with van der Waals surface area (Å²) in [7, 11) is 3.22. The molecule has 0 unspecified atom stereocenters. The third-order valence-electron chi connectivity index (χ3n) is 3.47. The maximum Gasteiger partial charge on any atom is 0.272 e. The van der Waals surface area contributed by atoms with Gasteiger partial charge in [-0.05, 0) is 36.2 Å². The largest absolute Gasteiger partial charge is 0.493 e. The number of benzene rings is 1. The molecule has 1 aromatic heterocycles. The Morgan fingerprint density at radius 3 is 2.60 bits per heavy atom. The van der Waals surface area contributed by atoms with Gasteiger partial charge in [0.1, 0.15) is 5.82 Å². The third-order valence-corrected chi connectivity index (χ3v) is 3.47. The van der Waals surface area contributed by atoms with E-state index in [4.69, 9.17) is 9.47 Å². The lowest BCUT2D eigenvalue weighted by Gasteiger charge is -2.10. The maximum absolute atomic E-state index is 11.7. The van der Waals surface area contributed by atoms with Gasteiger partial charge in [-0.2, -0.15) is 0 Å². The molecule has 2 rings (SSSR count). The average molecular weight is 342 g/mol. The summed E-state index contributed by atoms with van der Waals surface area (Å²) in [5.41, 5.74) is 1.38. The highest BCUT2D eigenvalue weighted by atomic mass is 16.5. The third kappa shape index (κ3) is 5.20. The zero-order chi connectivity index (χ0) is 18.1. The predicted octanol–water partition coefficient (Wildman–Crippen LogP) is 2.06. The Balaban J connectivity index is 1.87. The lowest BCUT2D eigenvalue weighted by Crippen LogP contribution is -2.24. The summed E-state index contributed by atoms with van der Waals surface area (Å²) in [6, 6.07) is 9.17. The van der Waals surface area contributed by atoms with Crippen LogP contribution in [0.25, 0.3) is 0 Å². The summed E-state index contributed by atoms with van der Waals surface area (Å²) < 4.78 is 10.5. The topological polar surface area (TPSA) is 85.4 Å². The maximum atomic E-state index is 11.7. The van der Waals surface area contributed by atoms with E-state index in [2.05, 4.69) is 27.4 Å². The van der Waals surface area contributed by atoms with E-state index < -0.39 is 0 Å². The van der Waals surface area contributed by atoms with Crippen molar-refractivity contribution < 1.29 is 14.3 Å². The number of methoxy groups -OCH3 is 2. The van der Waals surface area contributed by atoms with Gasteiger partial charge in [-0.15, -0.1) is 16.8 Å². The monoisotopic (exact) mass is 342 g/mol. The van der Waals surface area contributed by atoms with Crippen molar-refractivity contribution in [1.29, 1.82) is 0 Å². The van der Waals surface area contributed by atoms with Crippen molar-refractivity contribution in [2.45, 2.75) is 6.42 Å². The van der Waals surface area contributed by atoms with Crippen LogP contribution >= 0.6 is 0 Å². The molecule has 1 aromatic carbocycles. The Morgan fingerprint density at radius 1 is 1.16 bits per heavy atom. The molecule has 2 aromatic rings. The fraction of sp³-hybridized carbons (Fsp3) is 0.278. The normalized spacial score (nSPS) is 10.0. The minimum absolute atomic E-state index is 0.271. The van der Waals surface area contributed by atoms with Gasteiger partial charge in [-0.1, -0.05) is 12.1 Å². The number of hydrogen-bond acceptors (Lipinski definition) is 6. The number of amides is 1. The van der Waals surface area contributed by atoms with Gasteiger partial charge < -0.3 is 20.1 Å². The van der Waals surface area contributed by atoms with Crippen LogP contribution in [0.2, 0.25) is 0 Å². The van der Waals surface area contributed by atoms with Crippen LogP contribution < -0.4 is 20.1 Å². The number of carbonyl (C=O) groups excluding carboxylic acids is 1. The zero-order valence-corrected chi connectivity index (χ0v) is 14.4. The summed E-state index contributed by atoms with van der Waals surface area (Å²) in [5, 5.41) is 13.7. The van der Waals surface area contributed by atoms with Crippen molar-refractivity contribution in [2.24, 2.45) is 0 Å². The van der Waals surface area contributed by atoms with Crippen LogP contribution in [0, 0.1) is 0 Å². The molecule has 0 saturated carbocycles. The minimum atomic E-state index is -0.274. The van der Waals surface area contributed by atoms with Gasteiger partial charge in [0.15, 0.2) is 17.2 Å². The van der Waals surface area contributed by atoms with Crippen molar-refractivity contribution in [3.63, 3.8) is 0 Å². The van der Waals surface area contributed by atoms with E-state index in [0.29, 0.717) is 30.4 Å². The van der Waals surface area contributed by atoms with E-state index in [0.717, 1.165) is 12.0 Å². The molecule has 0 fully saturated rings. The van der Waals surface area contributed by atoms with E-state index in [-0.39, 0.29) is 11.6 Å². The van der Waals surface area contributed by atoms with Crippen LogP contribution in [-0.4, -0.2) is 43.4 Å². The first-order valence-corrected chi connectivity index (χ1v) is 7.85. The molecule has 0 radical (unpaired) electrons. The average Bonchev–Trinajstić information content (AvgIpc) is 2.66. The lowest BCUT2D eigenvalue weighted by atomic mass is 10.1. The number of rotatable bonds is 9. The van der Waals surface area contributed by atoms with Crippen LogP contribution in [0.4, 0.5) is 5.82 Å². The molecule has 2 N–H and O–H groups in total. The first-order valence-electron chi connectivity index (χ1n) is 7.85. The number of ether oxygens (including phenoxy) is 2. The molecular formula is C18H22N4O3. The van der Waals surface area contributed by atoms with Crippen molar-refractivity contribution in [3.05, 3.63) is 54.2 Å². The molecule has 0 aliphatic rings. The van der Waals surface area contributed by atoms with Gasteiger partial charge >= 0.3 is 0 Å². The van der Waals surface area contributed by atoms with E-state index >= 15 is 0 Å². The molecule has 0 aliphatic carbocycles. The van der Waals surface area contributed by atoms with Crippen LogP contribution in [0.5, 0.6) is 11.5 Å². The van der Waals surface area contributed by atoms with Gasteiger partial charge in [0.05, 0.1) is 14.2 Å². The number of carbonyl (C=O) groups is 1. The second-order valence-corrected chi connectivity index (χ2v) is 5.17. The van der Waals surface area contributed by atoms with Crippen LogP contribution in [0.1, 0.15) is 16.1 Å². The van der Waals surface area contributed by atoms with E-state index in [1.165, 1.54) is 0 Å². The van der Waals surface area contributed by atoms with E-state index in [1.54, 1.807) is 32.4 Å². The summed E-state index contributed by atoms with van der Waals surface area (Å²) in [4.78, 5) is 11.7. The highest BCUT2D eigenvalue weighted by molar-refractivity contribution is 5.92. The Bertz CT molecular complexity index is 717. The molecule has 25 heavy (non-hydrogen) atoms. The van der Waals surface area contributed by atoms with Crippen molar-refractivity contribution in [2.75, 3.05) is 32.6 Å². The predicted molar refractivity (Wildman–Crippen MR) is 96.3 cm³/mol. The Labute approximate surface area is 147 Å². The van der Waals surface area contributed by atoms with Gasteiger partial charge in [0.25, 0.3) is 5.91 Å². The van der Waals surface area contributed by atoms with Crippen molar-refractivity contribution in [3.8, 4) is 11.5 Å². The highest BCUT2D eigenvalue weighted by Gasteiger charge is 2.07. The fourth-order valence-corrected chi connectivity index (χ4v) is 2.17. The quantitative estimate of drug-likeness (QED) is 0.679. The van der Waals surface area contributed by atoms with Gasteiger partial charge in [-0.25, -0.2) is 0 Å². The molecule has 0 saturated heterocycles. The smallest absolute Gasteiger partial charge is 0.272 e.